The number of carbonyl (C=O) groups excluding carboxylic acids is 6. The number of rotatable bonds is 27. The third-order valence-corrected chi connectivity index (χ3v) is 13.6. The average Bonchev–Trinajstić information content (AvgIpc) is 3.93. The van der Waals surface area contributed by atoms with E-state index >= 15 is 0 Å². The number of methoxy groups -OCH3 is 2. The monoisotopic (exact) mass is 925 g/mol. The first-order valence-electron chi connectivity index (χ1n) is 23.9. The van der Waals surface area contributed by atoms with Crippen LogP contribution >= 0.6 is 0 Å². The second-order valence-corrected chi connectivity index (χ2v) is 19.1. The van der Waals surface area contributed by atoms with E-state index < -0.39 is 66.1 Å². The summed E-state index contributed by atoms with van der Waals surface area (Å²) in [6.45, 7) is 16.7. The van der Waals surface area contributed by atoms with E-state index in [1.165, 1.54) is 19.1 Å². The number of aryl methyl sites for hydroxylation is 1. The van der Waals surface area contributed by atoms with Crippen LogP contribution in [0, 0.1) is 30.6 Å². The maximum absolute atomic E-state index is 14.6. The fourth-order valence-electron chi connectivity index (χ4n) is 9.43. The van der Waals surface area contributed by atoms with Gasteiger partial charge in [0.2, 0.25) is 35.4 Å². The molecule has 0 bridgehead atoms. The summed E-state index contributed by atoms with van der Waals surface area (Å²) in [6, 6.07) is 3.51. The van der Waals surface area contributed by atoms with Gasteiger partial charge >= 0.3 is 5.97 Å². The molecule has 0 spiro atoms. The predicted molar refractivity (Wildman–Crippen MR) is 253 cm³/mol. The molecule has 2 heterocycles. The normalized spacial score (nSPS) is 18.6. The van der Waals surface area contributed by atoms with Gasteiger partial charge in [-0.05, 0) is 55.9 Å². The predicted octanol–water partition coefficient (Wildman–Crippen LogP) is 4.61. The van der Waals surface area contributed by atoms with Crippen molar-refractivity contribution in [2.75, 3.05) is 47.9 Å². The van der Waals surface area contributed by atoms with E-state index in [0.717, 1.165) is 24.0 Å². The number of likely N-dealkylation sites (tertiary alicyclic amines) is 1. The van der Waals surface area contributed by atoms with Gasteiger partial charge in [0.15, 0.2) is 0 Å². The van der Waals surface area contributed by atoms with Crippen molar-refractivity contribution >= 4 is 41.4 Å². The number of ether oxygens (including phenoxy) is 2. The quantitative estimate of drug-likeness (QED) is 0.105. The fourth-order valence-corrected chi connectivity index (χ4v) is 9.43. The summed E-state index contributed by atoms with van der Waals surface area (Å²) in [5.74, 6) is -4.29. The van der Waals surface area contributed by atoms with Crippen molar-refractivity contribution in [3.63, 3.8) is 0 Å². The molecule has 0 aromatic heterocycles. The minimum absolute atomic E-state index is 0.00847. The topological polar surface area (TPSA) is 195 Å². The molecule has 2 aliphatic heterocycles. The number of aliphatic carboxylic acids is 1. The maximum Gasteiger partial charge on any atom is 0.326 e. The van der Waals surface area contributed by atoms with Crippen molar-refractivity contribution in [2.24, 2.45) is 23.7 Å². The zero-order chi connectivity index (χ0) is 49.4. The molecule has 1 aromatic carbocycles. The third-order valence-electron chi connectivity index (χ3n) is 13.6. The number of carboxylic acids is 1. The Labute approximate surface area is 393 Å². The highest BCUT2D eigenvalue weighted by Crippen LogP contribution is 2.30. The van der Waals surface area contributed by atoms with Crippen LogP contribution in [0.25, 0.3) is 0 Å². The average molecular weight is 925 g/mol. The molecule has 6 unspecified atom stereocenters. The Bertz CT molecular complexity index is 1820. The largest absolute Gasteiger partial charge is 0.480 e. The lowest BCUT2D eigenvalue weighted by atomic mass is 9.89. The van der Waals surface area contributed by atoms with Gasteiger partial charge in [-0.3, -0.25) is 28.8 Å². The van der Waals surface area contributed by atoms with Crippen LogP contribution in [0.15, 0.2) is 36.4 Å². The Morgan fingerprint density at radius 3 is 2.09 bits per heavy atom. The van der Waals surface area contributed by atoms with Crippen LogP contribution in [0.5, 0.6) is 0 Å². The van der Waals surface area contributed by atoms with Crippen LogP contribution in [0.1, 0.15) is 111 Å². The van der Waals surface area contributed by atoms with E-state index in [0.29, 0.717) is 45.3 Å². The summed E-state index contributed by atoms with van der Waals surface area (Å²) in [5.41, 5.74) is 1.81. The minimum atomic E-state index is -1.16. The molecular weight excluding hydrogens is 845 g/mol. The smallest absolute Gasteiger partial charge is 0.326 e. The number of unbranched alkanes of at least 4 members (excludes halogenated alkanes) is 2. The molecule has 1 fully saturated rings. The zero-order valence-corrected chi connectivity index (χ0v) is 41.7. The lowest BCUT2D eigenvalue weighted by Gasteiger charge is -2.41. The van der Waals surface area contributed by atoms with E-state index in [1.54, 1.807) is 41.8 Å². The number of amides is 6. The lowest BCUT2D eigenvalue weighted by molar-refractivity contribution is -0.149. The highest BCUT2D eigenvalue weighted by atomic mass is 16.5. The van der Waals surface area contributed by atoms with E-state index in [9.17, 15) is 38.7 Å². The maximum atomic E-state index is 14.6. The first kappa shape index (κ1) is 55.5. The summed E-state index contributed by atoms with van der Waals surface area (Å²) in [5, 5.41) is 15.7. The second-order valence-electron chi connectivity index (χ2n) is 19.1. The Kier molecular flexibility index (Phi) is 22.3. The molecule has 3 rings (SSSR count). The molecular formula is C50H80N6O10. The molecule has 0 saturated carbocycles. The zero-order valence-electron chi connectivity index (χ0n) is 41.7. The summed E-state index contributed by atoms with van der Waals surface area (Å²) in [6.07, 6.45) is 6.33. The Morgan fingerprint density at radius 2 is 1.55 bits per heavy atom. The molecule has 9 atom stereocenters. The number of benzene rings is 1. The SMILES string of the molecule is CCC(C)C(C(CC(=O)N1CCC[C@H]1C(OC)C(C)C(=O)N[C@@H](Cc1ccc(C)cc1)C(=O)O)OC)N(C)C(=O)[C@@H](NC(=O)C(C(C)C)N(C)C(=O)CCCCCN1CC=CC1=O)C(C)C. The van der Waals surface area contributed by atoms with Gasteiger partial charge in [0.25, 0.3) is 0 Å². The number of nitrogens with one attached hydrogen (secondary N) is 2. The number of likely N-dealkylation sites (N-methyl/N-ethyl adjacent to an activating group) is 2. The van der Waals surface area contributed by atoms with Crippen molar-refractivity contribution < 1.29 is 48.1 Å². The number of hydrogen-bond acceptors (Lipinski definition) is 9. The number of carboxylic acid groups (broad SMARTS) is 1. The molecule has 0 radical (unpaired) electrons. The fraction of sp³-hybridized carbons (Fsp3) is 0.700. The van der Waals surface area contributed by atoms with Crippen molar-refractivity contribution in [2.45, 2.75) is 156 Å². The molecule has 2 aliphatic rings. The van der Waals surface area contributed by atoms with Crippen LogP contribution in [0.3, 0.4) is 0 Å². The summed E-state index contributed by atoms with van der Waals surface area (Å²) >= 11 is 0. The van der Waals surface area contributed by atoms with Crippen LogP contribution in [0.4, 0.5) is 0 Å². The highest BCUT2D eigenvalue weighted by Gasteiger charge is 2.44. The lowest BCUT2D eigenvalue weighted by Crippen LogP contribution is -2.60. The summed E-state index contributed by atoms with van der Waals surface area (Å²) < 4.78 is 12.0. The number of hydrogen-bond donors (Lipinski definition) is 3. The molecule has 16 heteroatoms. The minimum Gasteiger partial charge on any atom is -0.480 e. The van der Waals surface area contributed by atoms with Crippen molar-refractivity contribution in [3.8, 4) is 0 Å². The summed E-state index contributed by atoms with van der Waals surface area (Å²) in [4.78, 5) is 101. The van der Waals surface area contributed by atoms with Crippen LogP contribution in [-0.4, -0.2) is 156 Å². The van der Waals surface area contributed by atoms with Crippen molar-refractivity contribution in [3.05, 3.63) is 47.5 Å². The van der Waals surface area contributed by atoms with E-state index in [4.69, 9.17) is 9.47 Å². The van der Waals surface area contributed by atoms with E-state index in [-0.39, 0.29) is 60.6 Å². The van der Waals surface area contributed by atoms with Gasteiger partial charge in [-0.2, -0.15) is 0 Å². The number of carbonyl (C=O) groups is 7. The Balaban J connectivity index is 1.71. The van der Waals surface area contributed by atoms with Crippen LogP contribution in [0.2, 0.25) is 0 Å². The first-order chi connectivity index (χ1) is 31.2. The molecule has 0 aliphatic carbocycles. The van der Waals surface area contributed by atoms with Crippen molar-refractivity contribution in [1.82, 2.24) is 30.2 Å². The molecule has 370 valence electrons. The van der Waals surface area contributed by atoms with Crippen molar-refractivity contribution in [1.29, 1.82) is 0 Å². The van der Waals surface area contributed by atoms with E-state index in [2.05, 4.69) is 10.6 Å². The van der Waals surface area contributed by atoms with Gasteiger partial charge in [-0.1, -0.05) is 97.2 Å². The van der Waals surface area contributed by atoms with Gasteiger partial charge in [0, 0.05) is 66.9 Å². The standard InChI is InChI=1S/C50H80N6O10/c1-13-34(7)45(54(10)49(62)43(31(2)3)52-48(61)44(32(4)5)53(9)40(57)20-15-14-16-26-55-27-18-21-41(55)58)39(65-11)30-42(59)56-28-17-19-38(56)46(66-12)35(8)47(60)51-37(50(63)64)29-36-24-22-33(6)23-25-36/h18,21-25,31-32,34-35,37-39,43-46H,13-17,19-20,26-30H2,1-12H3,(H,51,60)(H,52,61)(H,63,64)/t34?,35?,37-,38-,39?,43-,44?,45?,46?/m0/s1. The van der Waals surface area contributed by atoms with Crippen LogP contribution < -0.4 is 10.6 Å². The molecule has 1 saturated heterocycles. The summed E-state index contributed by atoms with van der Waals surface area (Å²) in [7, 11) is 6.29. The first-order valence-corrected chi connectivity index (χ1v) is 23.9. The Morgan fingerprint density at radius 1 is 0.879 bits per heavy atom. The molecule has 16 nitrogen and oxygen atoms in total. The van der Waals surface area contributed by atoms with Gasteiger partial charge in [-0.25, -0.2) is 4.79 Å². The molecule has 1 aromatic rings. The molecule has 66 heavy (non-hydrogen) atoms. The van der Waals surface area contributed by atoms with E-state index in [1.807, 2.05) is 78.8 Å². The van der Waals surface area contributed by atoms with Gasteiger partial charge in [-0.15, -0.1) is 0 Å². The van der Waals surface area contributed by atoms with Gasteiger partial charge in [0.1, 0.15) is 18.1 Å². The molecule has 3 N–H and O–H groups in total. The van der Waals surface area contributed by atoms with Crippen LogP contribution in [-0.2, 0) is 49.5 Å². The second kappa shape index (κ2) is 26.5. The third kappa shape index (κ3) is 15.1. The highest BCUT2D eigenvalue weighted by molar-refractivity contribution is 5.93. The molecule has 6 amide bonds. The Hall–Kier alpha value is -4.83. The van der Waals surface area contributed by atoms with Gasteiger partial charge < -0.3 is 44.8 Å². The van der Waals surface area contributed by atoms with Gasteiger partial charge in [0.05, 0.1) is 36.6 Å². The number of nitrogens with zero attached hydrogens (tertiary/aromatic N) is 4.